The van der Waals surface area contributed by atoms with Gasteiger partial charge in [-0.2, -0.15) is 0 Å². The van der Waals surface area contributed by atoms with Crippen LogP contribution in [0.1, 0.15) is 17.2 Å². The third kappa shape index (κ3) is 3.07. The van der Waals surface area contributed by atoms with Gasteiger partial charge in [0.1, 0.15) is 11.5 Å². The average Bonchev–Trinajstić information content (AvgIpc) is 2.95. The van der Waals surface area contributed by atoms with Crippen molar-refractivity contribution in [2.24, 2.45) is 0 Å². The number of hydrogen-bond donors (Lipinski definition) is 1. The summed E-state index contributed by atoms with van der Waals surface area (Å²) in [5, 5.41) is 11.2. The van der Waals surface area contributed by atoms with Crippen molar-refractivity contribution < 1.29 is 19.0 Å². The van der Waals surface area contributed by atoms with E-state index in [0.29, 0.717) is 40.7 Å². The Hall–Kier alpha value is -2.48. The predicted molar refractivity (Wildman–Crippen MR) is 100 cm³/mol. The highest BCUT2D eigenvalue weighted by molar-refractivity contribution is 6.31. The molecule has 8 heteroatoms. The molecule has 1 aliphatic heterocycles. The van der Waals surface area contributed by atoms with Gasteiger partial charge in [0, 0.05) is 35.3 Å². The normalized spacial score (nSPS) is 17.1. The van der Waals surface area contributed by atoms with Gasteiger partial charge < -0.3 is 19.0 Å². The molecule has 142 valence electrons. The van der Waals surface area contributed by atoms with E-state index in [1.807, 2.05) is 11.0 Å². The van der Waals surface area contributed by atoms with Crippen LogP contribution in [0, 0.1) is 0 Å². The van der Waals surface area contributed by atoms with E-state index in [4.69, 9.17) is 25.5 Å². The van der Waals surface area contributed by atoms with Crippen LogP contribution in [-0.2, 0) is 13.2 Å². The molecule has 3 aromatic rings. The molecule has 0 aliphatic carbocycles. The minimum Gasteiger partial charge on any atom is -0.496 e. The van der Waals surface area contributed by atoms with Crippen molar-refractivity contribution in [3.8, 4) is 11.5 Å². The number of aromatic nitrogens is 1. The van der Waals surface area contributed by atoms with Gasteiger partial charge in [-0.25, -0.2) is 4.79 Å². The lowest BCUT2D eigenvalue weighted by atomic mass is 9.95. The Morgan fingerprint density at radius 2 is 1.96 bits per heavy atom. The maximum absolute atomic E-state index is 12.3. The molecule has 27 heavy (non-hydrogen) atoms. The molecule has 1 aliphatic rings. The number of oxazole rings is 1. The van der Waals surface area contributed by atoms with Crippen molar-refractivity contribution >= 4 is 22.7 Å². The fourth-order valence-corrected chi connectivity index (χ4v) is 3.79. The Balaban J connectivity index is 1.71. The summed E-state index contributed by atoms with van der Waals surface area (Å²) in [7, 11) is 3.16. The molecule has 0 fully saturated rings. The van der Waals surface area contributed by atoms with Crippen LogP contribution in [-0.4, -0.2) is 35.3 Å². The SMILES string of the molecule is COc1ccc(OC)c2c1CN(Cn1c(=O)oc3cc(Cl)ccc31)CC2O. The Bertz CT molecular complexity index is 1060. The number of hydrogen-bond acceptors (Lipinski definition) is 6. The van der Waals surface area contributed by atoms with Crippen molar-refractivity contribution in [3.63, 3.8) is 0 Å². The van der Waals surface area contributed by atoms with Gasteiger partial charge in [-0.15, -0.1) is 0 Å². The van der Waals surface area contributed by atoms with E-state index >= 15 is 0 Å². The van der Waals surface area contributed by atoms with Crippen LogP contribution in [0.4, 0.5) is 0 Å². The summed E-state index contributed by atoms with van der Waals surface area (Å²) in [6.07, 6.45) is -0.762. The molecule has 7 nitrogen and oxygen atoms in total. The molecule has 1 N–H and O–H groups in total. The minimum atomic E-state index is -0.762. The van der Waals surface area contributed by atoms with E-state index < -0.39 is 11.9 Å². The van der Waals surface area contributed by atoms with Gasteiger partial charge >= 0.3 is 5.76 Å². The molecule has 0 saturated carbocycles. The lowest BCUT2D eigenvalue weighted by molar-refractivity contribution is 0.0697. The van der Waals surface area contributed by atoms with E-state index in [1.54, 1.807) is 38.5 Å². The molecule has 0 spiro atoms. The zero-order valence-corrected chi connectivity index (χ0v) is 15.7. The smallest absolute Gasteiger partial charge is 0.421 e. The van der Waals surface area contributed by atoms with Crippen molar-refractivity contribution in [2.45, 2.75) is 19.3 Å². The number of β-amino-alcohol motifs (C(OH)–C–C–N with tert-alkyl or cyclic N) is 1. The molecule has 1 atom stereocenters. The number of rotatable bonds is 4. The first-order valence-corrected chi connectivity index (χ1v) is 8.82. The predicted octanol–water partition coefficient (Wildman–Crippen LogP) is 2.77. The number of nitrogens with zero attached hydrogens (tertiary/aromatic N) is 2. The summed E-state index contributed by atoms with van der Waals surface area (Å²) in [5.41, 5.74) is 2.66. The largest absolute Gasteiger partial charge is 0.496 e. The quantitative estimate of drug-likeness (QED) is 0.738. The number of aliphatic hydroxyl groups is 1. The van der Waals surface area contributed by atoms with Crippen LogP contribution >= 0.6 is 11.6 Å². The number of aliphatic hydroxyl groups excluding tert-OH is 1. The number of benzene rings is 2. The van der Waals surface area contributed by atoms with Crippen LogP contribution in [0.15, 0.2) is 39.5 Å². The van der Waals surface area contributed by atoms with Gasteiger partial charge in [0.05, 0.1) is 32.5 Å². The molecule has 2 heterocycles. The fourth-order valence-electron chi connectivity index (χ4n) is 3.63. The Labute approximate surface area is 160 Å². The van der Waals surface area contributed by atoms with Gasteiger partial charge in [0.25, 0.3) is 0 Å². The molecule has 0 radical (unpaired) electrons. The van der Waals surface area contributed by atoms with Gasteiger partial charge in [-0.05, 0) is 24.3 Å². The monoisotopic (exact) mass is 390 g/mol. The number of halogens is 1. The molecular formula is C19H19ClN2O5. The van der Waals surface area contributed by atoms with E-state index in [2.05, 4.69) is 0 Å². The summed E-state index contributed by atoms with van der Waals surface area (Å²) >= 11 is 5.97. The maximum Gasteiger partial charge on any atom is 0.421 e. The third-order valence-electron chi connectivity index (χ3n) is 4.83. The van der Waals surface area contributed by atoms with Crippen molar-refractivity contribution in [1.82, 2.24) is 9.47 Å². The minimum absolute atomic E-state index is 0.268. The third-order valence-corrected chi connectivity index (χ3v) is 5.07. The lowest BCUT2D eigenvalue weighted by Crippen LogP contribution is -2.37. The van der Waals surface area contributed by atoms with Crippen LogP contribution in [0.2, 0.25) is 5.02 Å². The summed E-state index contributed by atoms with van der Waals surface area (Å²) in [6.45, 7) is 1.12. The van der Waals surface area contributed by atoms with E-state index in [0.717, 1.165) is 11.1 Å². The summed E-state index contributed by atoms with van der Waals surface area (Å²) in [6, 6.07) is 8.68. The molecule has 4 rings (SSSR count). The highest BCUT2D eigenvalue weighted by atomic mass is 35.5. The molecule has 0 amide bonds. The molecule has 1 aromatic heterocycles. The van der Waals surface area contributed by atoms with Gasteiger partial charge in [-0.1, -0.05) is 11.6 Å². The van der Waals surface area contributed by atoms with E-state index in [-0.39, 0.29) is 6.67 Å². The van der Waals surface area contributed by atoms with Crippen molar-refractivity contribution in [1.29, 1.82) is 0 Å². The molecule has 2 aromatic carbocycles. The Morgan fingerprint density at radius 1 is 1.22 bits per heavy atom. The van der Waals surface area contributed by atoms with Crippen molar-refractivity contribution in [3.05, 3.63) is 57.0 Å². The van der Waals surface area contributed by atoms with Crippen molar-refractivity contribution in [2.75, 3.05) is 20.8 Å². The lowest BCUT2D eigenvalue weighted by Gasteiger charge is -2.33. The molecule has 0 saturated heterocycles. The fraction of sp³-hybridized carbons (Fsp3) is 0.316. The summed E-state index contributed by atoms with van der Waals surface area (Å²) in [5.74, 6) is 0.828. The van der Waals surface area contributed by atoms with Gasteiger partial charge in [0.15, 0.2) is 5.58 Å². The van der Waals surface area contributed by atoms with Crippen LogP contribution < -0.4 is 15.2 Å². The first-order chi connectivity index (χ1) is 13.0. The Kier molecular flexibility index (Phi) is 4.59. The second-order valence-corrected chi connectivity index (χ2v) is 6.88. The molecular weight excluding hydrogens is 372 g/mol. The number of ether oxygens (including phenoxy) is 2. The molecule has 1 unspecified atom stereocenters. The highest BCUT2D eigenvalue weighted by Gasteiger charge is 2.30. The summed E-state index contributed by atoms with van der Waals surface area (Å²) in [4.78, 5) is 14.3. The first kappa shape index (κ1) is 17.9. The van der Waals surface area contributed by atoms with Gasteiger partial charge in [0.2, 0.25) is 0 Å². The van der Waals surface area contributed by atoms with E-state index in [1.165, 1.54) is 4.57 Å². The number of methoxy groups -OCH3 is 2. The Morgan fingerprint density at radius 3 is 2.70 bits per heavy atom. The molecule has 0 bridgehead atoms. The van der Waals surface area contributed by atoms with E-state index in [9.17, 15) is 9.90 Å². The average molecular weight is 391 g/mol. The zero-order valence-electron chi connectivity index (χ0n) is 14.9. The van der Waals surface area contributed by atoms with Gasteiger partial charge in [-0.3, -0.25) is 9.47 Å². The zero-order chi connectivity index (χ0) is 19.1. The standard InChI is InChI=1S/C19H19ClN2O5/c1-25-15-5-6-16(26-2)18-12(15)8-21(9-14(18)23)10-22-13-4-3-11(20)7-17(13)27-19(22)24/h3-7,14,23H,8-10H2,1-2H3. The highest BCUT2D eigenvalue weighted by Crippen LogP contribution is 2.39. The van der Waals surface area contributed by atoms with Crippen LogP contribution in [0.5, 0.6) is 11.5 Å². The van der Waals surface area contributed by atoms with Crippen LogP contribution in [0.3, 0.4) is 0 Å². The maximum atomic E-state index is 12.3. The van der Waals surface area contributed by atoms with Crippen LogP contribution in [0.25, 0.3) is 11.1 Å². The second-order valence-electron chi connectivity index (χ2n) is 6.44. The first-order valence-electron chi connectivity index (χ1n) is 8.45. The second kappa shape index (κ2) is 6.92. The summed E-state index contributed by atoms with van der Waals surface area (Å²) < 4.78 is 17.7. The topological polar surface area (TPSA) is 77.1 Å². The number of fused-ring (bicyclic) bond motifs is 2.